The number of H-pyrrole nitrogens is 1. The fraction of sp³-hybridized carbons (Fsp3) is 0.391. The first-order chi connectivity index (χ1) is 15.9. The Bertz CT molecular complexity index is 1160. The second kappa shape index (κ2) is 10.4. The highest BCUT2D eigenvalue weighted by molar-refractivity contribution is 7.71. The second-order valence-electron chi connectivity index (χ2n) is 8.20. The summed E-state index contributed by atoms with van der Waals surface area (Å²) < 4.78 is 2.40. The third-order valence-electron chi connectivity index (χ3n) is 5.89. The summed E-state index contributed by atoms with van der Waals surface area (Å²) in [6, 6.07) is 9.93. The molecule has 0 spiro atoms. The molecule has 3 heterocycles. The zero-order chi connectivity index (χ0) is 23.4. The largest absolute Gasteiger partial charge is 0.340 e. The first kappa shape index (κ1) is 23.3. The zero-order valence-corrected chi connectivity index (χ0v) is 20.5. The number of carbonyl (C=O) groups is 2. The maximum atomic E-state index is 12.8. The summed E-state index contributed by atoms with van der Waals surface area (Å²) in [5, 5.41) is 12.2. The number of aromatic amines is 1. The van der Waals surface area contributed by atoms with E-state index in [-0.39, 0.29) is 11.8 Å². The topological polar surface area (TPSA) is 86.3 Å². The molecule has 1 saturated heterocycles. The number of thiophene rings is 1. The number of benzene rings is 1. The van der Waals surface area contributed by atoms with E-state index in [0.29, 0.717) is 50.5 Å². The van der Waals surface area contributed by atoms with E-state index >= 15 is 0 Å². The number of hydrogen-bond donors (Lipinski definition) is 2. The molecule has 2 amide bonds. The van der Waals surface area contributed by atoms with Crippen molar-refractivity contribution in [2.75, 3.05) is 38.0 Å². The van der Waals surface area contributed by atoms with Crippen molar-refractivity contribution in [1.82, 2.24) is 24.6 Å². The van der Waals surface area contributed by atoms with Crippen molar-refractivity contribution in [3.8, 4) is 10.7 Å². The number of anilines is 1. The normalized spacial score (nSPS) is 14.4. The van der Waals surface area contributed by atoms with E-state index in [4.69, 9.17) is 12.2 Å². The molecule has 0 unspecified atom stereocenters. The molecule has 0 aliphatic carbocycles. The Balaban J connectivity index is 1.26. The van der Waals surface area contributed by atoms with Crippen LogP contribution in [0.25, 0.3) is 10.7 Å². The monoisotopic (exact) mass is 484 g/mol. The lowest BCUT2D eigenvalue weighted by Gasteiger charge is -2.34. The Morgan fingerprint density at radius 2 is 1.85 bits per heavy atom. The lowest BCUT2D eigenvalue weighted by molar-refractivity contribution is -0.133. The SMILES string of the molecule is Cc1cccc(C)c1NC(=O)CN1CCN(C(=O)CCn2c(-c3cccs3)n[nH]c2=S)CC1. The van der Waals surface area contributed by atoms with Crippen LogP contribution >= 0.6 is 23.6 Å². The molecule has 1 aliphatic heterocycles. The number of nitrogens with zero attached hydrogens (tertiary/aromatic N) is 4. The van der Waals surface area contributed by atoms with Gasteiger partial charge in [0.15, 0.2) is 10.6 Å². The number of para-hydroxylation sites is 1. The molecule has 2 aromatic heterocycles. The van der Waals surface area contributed by atoms with Gasteiger partial charge in [-0.05, 0) is 48.6 Å². The fourth-order valence-corrected chi connectivity index (χ4v) is 4.98. The van der Waals surface area contributed by atoms with Gasteiger partial charge in [0.25, 0.3) is 0 Å². The van der Waals surface area contributed by atoms with Crippen molar-refractivity contribution in [1.29, 1.82) is 0 Å². The molecule has 1 aromatic carbocycles. The average molecular weight is 485 g/mol. The minimum atomic E-state index is -0.0254. The first-order valence-electron chi connectivity index (χ1n) is 11.0. The van der Waals surface area contributed by atoms with Crippen molar-refractivity contribution in [2.24, 2.45) is 0 Å². The molecule has 2 N–H and O–H groups in total. The molecule has 10 heteroatoms. The number of carbonyl (C=O) groups excluding carboxylic acids is 2. The van der Waals surface area contributed by atoms with Crippen molar-refractivity contribution in [3.05, 3.63) is 51.6 Å². The summed E-state index contributed by atoms with van der Waals surface area (Å²) in [5.41, 5.74) is 2.99. The minimum absolute atomic E-state index is 0.0254. The van der Waals surface area contributed by atoms with Crippen LogP contribution in [0.4, 0.5) is 5.69 Å². The number of hydrogen-bond acceptors (Lipinski definition) is 6. The van der Waals surface area contributed by atoms with Gasteiger partial charge in [0, 0.05) is 44.8 Å². The number of piperazine rings is 1. The number of aryl methyl sites for hydroxylation is 2. The van der Waals surface area contributed by atoms with E-state index in [1.165, 1.54) is 0 Å². The number of nitrogens with one attached hydrogen (secondary N) is 2. The Morgan fingerprint density at radius 3 is 2.52 bits per heavy atom. The molecule has 0 radical (unpaired) electrons. The summed E-state index contributed by atoms with van der Waals surface area (Å²) in [6.45, 7) is 7.38. The van der Waals surface area contributed by atoms with E-state index in [2.05, 4.69) is 20.4 Å². The number of rotatable bonds is 7. The smallest absolute Gasteiger partial charge is 0.238 e. The molecule has 4 rings (SSSR count). The summed E-state index contributed by atoms with van der Waals surface area (Å²) >= 11 is 6.94. The molecular weight excluding hydrogens is 456 g/mol. The summed E-state index contributed by atoms with van der Waals surface area (Å²) in [4.78, 5) is 30.3. The van der Waals surface area contributed by atoms with Crippen LogP contribution in [0.3, 0.4) is 0 Å². The van der Waals surface area contributed by atoms with Crippen LogP contribution in [-0.2, 0) is 16.1 Å². The molecule has 33 heavy (non-hydrogen) atoms. The van der Waals surface area contributed by atoms with Gasteiger partial charge in [-0.3, -0.25) is 24.2 Å². The molecule has 1 fully saturated rings. The highest BCUT2D eigenvalue weighted by Crippen LogP contribution is 2.23. The molecule has 0 atom stereocenters. The van der Waals surface area contributed by atoms with Crippen molar-refractivity contribution in [2.45, 2.75) is 26.8 Å². The van der Waals surface area contributed by atoms with Crippen molar-refractivity contribution < 1.29 is 9.59 Å². The van der Waals surface area contributed by atoms with Crippen LogP contribution in [0.5, 0.6) is 0 Å². The average Bonchev–Trinajstić information content (AvgIpc) is 3.45. The zero-order valence-electron chi connectivity index (χ0n) is 18.8. The van der Waals surface area contributed by atoms with E-state index in [1.807, 2.05) is 59.0 Å². The predicted octanol–water partition coefficient (Wildman–Crippen LogP) is 3.46. The van der Waals surface area contributed by atoms with Gasteiger partial charge in [0.2, 0.25) is 11.8 Å². The van der Waals surface area contributed by atoms with Crippen LogP contribution < -0.4 is 5.32 Å². The standard InChI is InChI=1S/C23H28N6O2S2/c1-16-5-3-6-17(2)21(16)24-19(30)15-27-10-12-28(13-11-27)20(31)8-9-29-22(25-26-23(29)32)18-7-4-14-33-18/h3-7,14H,8-13,15H2,1-2H3,(H,24,30)(H,26,32). The maximum absolute atomic E-state index is 12.8. The summed E-state index contributed by atoms with van der Waals surface area (Å²) in [6.07, 6.45) is 0.360. The lowest BCUT2D eigenvalue weighted by Crippen LogP contribution is -2.50. The Morgan fingerprint density at radius 1 is 1.12 bits per heavy atom. The Hall–Kier alpha value is -2.82. The lowest BCUT2D eigenvalue weighted by atomic mass is 10.1. The van der Waals surface area contributed by atoms with E-state index in [0.717, 1.165) is 27.5 Å². The van der Waals surface area contributed by atoms with Gasteiger partial charge in [-0.15, -0.1) is 11.3 Å². The van der Waals surface area contributed by atoms with Gasteiger partial charge in [-0.1, -0.05) is 24.3 Å². The van der Waals surface area contributed by atoms with Gasteiger partial charge in [-0.2, -0.15) is 5.10 Å². The molecule has 174 valence electrons. The molecular formula is C23H28N6O2S2. The second-order valence-corrected chi connectivity index (χ2v) is 9.54. The predicted molar refractivity (Wildman–Crippen MR) is 133 cm³/mol. The van der Waals surface area contributed by atoms with E-state index in [1.54, 1.807) is 11.3 Å². The molecule has 0 saturated carbocycles. The highest BCUT2D eigenvalue weighted by Gasteiger charge is 2.23. The minimum Gasteiger partial charge on any atom is -0.340 e. The van der Waals surface area contributed by atoms with E-state index < -0.39 is 0 Å². The van der Waals surface area contributed by atoms with Crippen LogP contribution in [0.15, 0.2) is 35.7 Å². The first-order valence-corrected chi connectivity index (χ1v) is 12.3. The summed E-state index contributed by atoms with van der Waals surface area (Å²) in [5.74, 6) is 0.833. The Labute approximate surface area is 202 Å². The molecule has 0 bridgehead atoms. The summed E-state index contributed by atoms with van der Waals surface area (Å²) in [7, 11) is 0. The van der Waals surface area contributed by atoms with Gasteiger partial charge in [-0.25, -0.2) is 0 Å². The Kier molecular flexibility index (Phi) is 7.36. The third-order valence-corrected chi connectivity index (χ3v) is 7.06. The molecule has 1 aliphatic rings. The number of aromatic nitrogens is 3. The van der Waals surface area contributed by atoms with Crippen molar-refractivity contribution >= 4 is 41.1 Å². The van der Waals surface area contributed by atoms with Gasteiger partial charge < -0.3 is 10.2 Å². The van der Waals surface area contributed by atoms with Gasteiger partial charge in [0.1, 0.15) is 0 Å². The highest BCUT2D eigenvalue weighted by atomic mass is 32.1. The molecule has 8 nitrogen and oxygen atoms in total. The maximum Gasteiger partial charge on any atom is 0.238 e. The van der Waals surface area contributed by atoms with E-state index in [9.17, 15) is 9.59 Å². The van der Waals surface area contributed by atoms with Crippen LogP contribution in [0.1, 0.15) is 17.5 Å². The van der Waals surface area contributed by atoms with Crippen LogP contribution in [0, 0.1) is 18.6 Å². The fourth-order valence-electron chi connectivity index (χ4n) is 4.03. The van der Waals surface area contributed by atoms with Gasteiger partial charge >= 0.3 is 0 Å². The quantitative estimate of drug-likeness (QED) is 0.502. The molecule has 3 aromatic rings. The van der Waals surface area contributed by atoms with Gasteiger partial charge in [0.05, 0.1) is 11.4 Å². The van der Waals surface area contributed by atoms with Crippen LogP contribution in [0.2, 0.25) is 0 Å². The van der Waals surface area contributed by atoms with Crippen molar-refractivity contribution in [3.63, 3.8) is 0 Å². The third kappa shape index (κ3) is 5.58. The van der Waals surface area contributed by atoms with Crippen LogP contribution in [-0.4, -0.2) is 69.1 Å². The number of amides is 2.